The molecule has 0 aliphatic heterocycles. The fourth-order valence-electron chi connectivity index (χ4n) is 2.09. The number of aliphatic carboxylic acids is 1. The molecule has 0 amide bonds. The van der Waals surface area contributed by atoms with Gasteiger partial charge in [0.25, 0.3) is 0 Å². The Kier molecular flexibility index (Phi) is 5.20. The Morgan fingerprint density at radius 1 is 1.18 bits per heavy atom. The van der Waals surface area contributed by atoms with E-state index in [0.29, 0.717) is 6.61 Å². The molecule has 0 aliphatic rings. The summed E-state index contributed by atoms with van der Waals surface area (Å²) in [7, 11) is 1.63. The van der Waals surface area contributed by atoms with Crippen molar-refractivity contribution >= 4 is 12.0 Å². The van der Waals surface area contributed by atoms with Crippen molar-refractivity contribution in [2.24, 2.45) is 0 Å². The van der Waals surface area contributed by atoms with Gasteiger partial charge >= 0.3 is 5.97 Å². The van der Waals surface area contributed by atoms with Crippen LogP contribution in [-0.4, -0.2) is 24.8 Å². The molecule has 114 valence electrons. The Morgan fingerprint density at radius 2 is 1.91 bits per heavy atom. The Morgan fingerprint density at radius 3 is 2.50 bits per heavy atom. The highest BCUT2D eigenvalue weighted by Crippen LogP contribution is 2.32. The number of hydrogen-bond acceptors (Lipinski definition) is 3. The summed E-state index contributed by atoms with van der Waals surface area (Å²) < 4.78 is 10.8. The van der Waals surface area contributed by atoms with E-state index in [1.807, 2.05) is 49.4 Å². The van der Waals surface area contributed by atoms with Crippen molar-refractivity contribution in [2.45, 2.75) is 6.92 Å². The van der Waals surface area contributed by atoms with Crippen LogP contribution in [0.25, 0.3) is 17.2 Å². The summed E-state index contributed by atoms with van der Waals surface area (Å²) in [6.07, 6.45) is 2.65. The van der Waals surface area contributed by atoms with E-state index in [1.54, 1.807) is 13.2 Å². The molecule has 0 fully saturated rings. The van der Waals surface area contributed by atoms with Crippen LogP contribution < -0.4 is 9.47 Å². The number of benzene rings is 2. The first-order chi connectivity index (χ1) is 10.6. The molecule has 0 heterocycles. The minimum Gasteiger partial charge on any atom is -0.497 e. The first-order valence-electron chi connectivity index (χ1n) is 6.96. The second-order valence-electron chi connectivity index (χ2n) is 4.59. The normalized spacial score (nSPS) is 10.6. The van der Waals surface area contributed by atoms with Crippen LogP contribution in [0.5, 0.6) is 11.5 Å². The van der Waals surface area contributed by atoms with Crippen LogP contribution in [-0.2, 0) is 4.79 Å². The number of methoxy groups -OCH3 is 1. The molecular weight excluding hydrogens is 280 g/mol. The largest absolute Gasteiger partial charge is 0.497 e. The van der Waals surface area contributed by atoms with Gasteiger partial charge in [-0.2, -0.15) is 0 Å². The molecule has 1 N–H and O–H groups in total. The molecular formula is C18H18O4. The minimum absolute atomic E-state index is 0.537. The summed E-state index contributed by atoms with van der Waals surface area (Å²) in [6, 6.07) is 13.3. The third-order valence-electron chi connectivity index (χ3n) is 3.12. The topological polar surface area (TPSA) is 55.8 Å². The van der Waals surface area contributed by atoms with Crippen molar-refractivity contribution in [1.82, 2.24) is 0 Å². The average Bonchev–Trinajstić information content (AvgIpc) is 2.53. The molecule has 0 aliphatic carbocycles. The smallest absolute Gasteiger partial charge is 0.328 e. The highest BCUT2D eigenvalue weighted by molar-refractivity contribution is 5.85. The number of hydrogen-bond donors (Lipinski definition) is 1. The number of carboxylic acids is 1. The van der Waals surface area contributed by atoms with Gasteiger partial charge in [0, 0.05) is 11.6 Å². The van der Waals surface area contributed by atoms with Crippen LogP contribution in [0.1, 0.15) is 12.5 Å². The zero-order chi connectivity index (χ0) is 15.9. The van der Waals surface area contributed by atoms with Gasteiger partial charge in [0.2, 0.25) is 0 Å². The van der Waals surface area contributed by atoms with Crippen LogP contribution >= 0.6 is 0 Å². The summed E-state index contributed by atoms with van der Waals surface area (Å²) >= 11 is 0. The lowest BCUT2D eigenvalue weighted by molar-refractivity contribution is -0.131. The van der Waals surface area contributed by atoms with Crippen LogP contribution in [0, 0.1) is 0 Å². The molecule has 0 atom stereocenters. The van der Waals surface area contributed by atoms with Gasteiger partial charge in [-0.3, -0.25) is 0 Å². The molecule has 0 radical (unpaired) electrons. The standard InChI is InChI=1S/C18H18O4/c1-3-22-17-12-13(5-11-18(19)20)4-10-16(17)14-6-8-15(21-2)9-7-14/h4-12H,3H2,1-2H3,(H,19,20)/b11-5+. The van der Waals surface area contributed by atoms with E-state index < -0.39 is 5.97 Å². The van der Waals surface area contributed by atoms with Crippen molar-refractivity contribution in [2.75, 3.05) is 13.7 Å². The first kappa shape index (κ1) is 15.6. The zero-order valence-corrected chi connectivity index (χ0v) is 12.6. The Labute approximate surface area is 129 Å². The highest BCUT2D eigenvalue weighted by Gasteiger charge is 2.07. The molecule has 0 aromatic heterocycles. The number of carbonyl (C=O) groups is 1. The number of carboxylic acid groups (broad SMARTS) is 1. The predicted molar refractivity (Wildman–Crippen MR) is 86.3 cm³/mol. The fourth-order valence-corrected chi connectivity index (χ4v) is 2.09. The predicted octanol–water partition coefficient (Wildman–Crippen LogP) is 3.86. The highest BCUT2D eigenvalue weighted by atomic mass is 16.5. The van der Waals surface area contributed by atoms with Crippen molar-refractivity contribution in [3.63, 3.8) is 0 Å². The third-order valence-corrected chi connectivity index (χ3v) is 3.12. The molecule has 2 rings (SSSR count). The molecule has 2 aromatic carbocycles. The van der Waals surface area contributed by atoms with E-state index in [0.717, 1.165) is 34.3 Å². The van der Waals surface area contributed by atoms with Gasteiger partial charge in [-0.25, -0.2) is 4.79 Å². The van der Waals surface area contributed by atoms with Crippen LogP contribution in [0.2, 0.25) is 0 Å². The summed E-state index contributed by atoms with van der Waals surface area (Å²) in [6.45, 7) is 2.45. The number of ether oxygens (including phenoxy) is 2. The van der Waals surface area contributed by atoms with Crippen molar-refractivity contribution in [3.8, 4) is 22.6 Å². The van der Waals surface area contributed by atoms with Gasteiger partial charge in [0.15, 0.2) is 0 Å². The van der Waals surface area contributed by atoms with Gasteiger partial charge in [0.05, 0.1) is 13.7 Å². The quantitative estimate of drug-likeness (QED) is 0.823. The van der Waals surface area contributed by atoms with Gasteiger partial charge in [-0.05, 0) is 42.3 Å². The van der Waals surface area contributed by atoms with Crippen LogP contribution in [0.4, 0.5) is 0 Å². The van der Waals surface area contributed by atoms with Crippen LogP contribution in [0.15, 0.2) is 48.5 Å². The van der Waals surface area contributed by atoms with Gasteiger partial charge < -0.3 is 14.6 Å². The molecule has 0 unspecified atom stereocenters. The summed E-state index contributed by atoms with van der Waals surface area (Å²) in [5.41, 5.74) is 2.75. The maximum atomic E-state index is 10.6. The van der Waals surface area contributed by atoms with Crippen molar-refractivity contribution in [1.29, 1.82) is 0 Å². The zero-order valence-electron chi connectivity index (χ0n) is 12.6. The molecule has 0 spiro atoms. The second-order valence-corrected chi connectivity index (χ2v) is 4.59. The third kappa shape index (κ3) is 3.88. The summed E-state index contributed by atoms with van der Waals surface area (Å²) in [4.78, 5) is 10.6. The lowest BCUT2D eigenvalue weighted by Crippen LogP contribution is -1.95. The lowest BCUT2D eigenvalue weighted by Gasteiger charge is -2.12. The molecule has 0 saturated carbocycles. The van der Waals surface area contributed by atoms with Crippen molar-refractivity contribution in [3.05, 3.63) is 54.1 Å². The monoisotopic (exact) mass is 298 g/mol. The molecule has 0 bridgehead atoms. The first-order valence-corrected chi connectivity index (χ1v) is 6.96. The fraction of sp³-hybridized carbons (Fsp3) is 0.167. The SMILES string of the molecule is CCOc1cc(/C=C/C(=O)O)ccc1-c1ccc(OC)cc1. The average molecular weight is 298 g/mol. The minimum atomic E-state index is -0.975. The lowest BCUT2D eigenvalue weighted by atomic mass is 10.0. The maximum absolute atomic E-state index is 10.6. The van der Waals surface area contributed by atoms with Gasteiger partial charge in [-0.1, -0.05) is 24.3 Å². The van der Waals surface area contributed by atoms with Crippen LogP contribution in [0.3, 0.4) is 0 Å². The molecule has 0 saturated heterocycles. The summed E-state index contributed by atoms with van der Waals surface area (Å²) in [5.74, 6) is 0.542. The number of rotatable bonds is 6. The van der Waals surface area contributed by atoms with E-state index in [4.69, 9.17) is 14.6 Å². The van der Waals surface area contributed by atoms with E-state index in [9.17, 15) is 4.79 Å². The van der Waals surface area contributed by atoms with Gasteiger partial charge in [0.1, 0.15) is 11.5 Å². The van der Waals surface area contributed by atoms with Crippen molar-refractivity contribution < 1.29 is 19.4 Å². The van der Waals surface area contributed by atoms with E-state index in [2.05, 4.69) is 0 Å². The second kappa shape index (κ2) is 7.31. The van der Waals surface area contributed by atoms with E-state index >= 15 is 0 Å². The molecule has 4 nitrogen and oxygen atoms in total. The molecule has 22 heavy (non-hydrogen) atoms. The van der Waals surface area contributed by atoms with E-state index in [1.165, 1.54) is 0 Å². The summed E-state index contributed by atoms with van der Waals surface area (Å²) in [5, 5.41) is 8.70. The molecule has 4 heteroatoms. The Balaban J connectivity index is 2.39. The van der Waals surface area contributed by atoms with E-state index in [-0.39, 0.29) is 0 Å². The Bertz CT molecular complexity index is 672. The Hall–Kier alpha value is -2.75. The molecule has 2 aromatic rings. The maximum Gasteiger partial charge on any atom is 0.328 e. The van der Waals surface area contributed by atoms with Gasteiger partial charge in [-0.15, -0.1) is 0 Å².